The van der Waals surface area contributed by atoms with Gasteiger partial charge in [0.1, 0.15) is 5.82 Å². The Bertz CT molecular complexity index is 1300. The molecule has 3 aromatic rings. The Labute approximate surface area is 222 Å². The van der Waals surface area contributed by atoms with Gasteiger partial charge in [-0.05, 0) is 44.4 Å². The minimum Gasteiger partial charge on any atom is -0.366 e. The Kier molecular flexibility index (Phi) is 9.03. The molecule has 196 valence electrons. The second kappa shape index (κ2) is 12.4. The second-order valence-corrected chi connectivity index (χ2v) is 10.7. The standard InChI is InChI=1S/C29H35FN4O2S/c1-21-9-8-10-23(19-21)20-24-22(2)31-29(32(3)28(24)36)37-18-7-6-13-27(35)34-16-14-33(15-17-34)26-12-5-4-11-25(26)30/h4-5,8-12,19H,6-7,13-18,20H2,1-3H3. The van der Waals surface area contributed by atoms with Crippen LogP contribution in [0.1, 0.15) is 41.6 Å². The van der Waals surface area contributed by atoms with Crippen molar-refractivity contribution >= 4 is 23.4 Å². The Morgan fingerprint density at radius 3 is 2.51 bits per heavy atom. The van der Waals surface area contributed by atoms with Crippen LogP contribution in [0, 0.1) is 19.7 Å². The molecule has 0 N–H and O–H groups in total. The fraction of sp³-hybridized carbons (Fsp3) is 0.414. The summed E-state index contributed by atoms with van der Waals surface area (Å²) in [6.07, 6.45) is 2.74. The zero-order chi connectivity index (χ0) is 26.4. The minimum atomic E-state index is -0.220. The van der Waals surface area contributed by atoms with Crippen LogP contribution < -0.4 is 10.5 Å². The molecule has 0 unspecified atom stereocenters. The van der Waals surface area contributed by atoms with Crippen LogP contribution in [0.2, 0.25) is 0 Å². The van der Waals surface area contributed by atoms with E-state index in [-0.39, 0.29) is 17.3 Å². The van der Waals surface area contributed by atoms with Crippen molar-refractivity contribution in [3.63, 3.8) is 0 Å². The zero-order valence-corrected chi connectivity index (χ0v) is 22.7. The van der Waals surface area contributed by atoms with Crippen molar-refractivity contribution in [2.24, 2.45) is 7.05 Å². The third-order valence-corrected chi connectivity index (χ3v) is 7.97. The molecule has 0 spiro atoms. The number of unbranched alkanes of at least 4 members (excludes halogenated alkanes) is 1. The fourth-order valence-electron chi connectivity index (χ4n) is 4.69. The molecule has 0 bridgehead atoms. The summed E-state index contributed by atoms with van der Waals surface area (Å²) in [5, 5.41) is 0.714. The summed E-state index contributed by atoms with van der Waals surface area (Å²) in [7, 11) is 1.78. The van der Waals surface area contributed by atoms with Gasteiger partial charge in [0.15, 0.2) is 5.16 Å². The highest BCUT2D eigenvalue weighted by molar-refractivity contribution is 7.99. The number of hydrogen-bond donors (Lipinski definition) is 0. The van der Waals surface area contributed by atoms with Gasteiger partial charge < -0.3 is 9.80 Å². The van der Waals surface area contributed by atoms with E-state index in [4.69, 9.17) is 4.98 Å². The number of amides is 1. The Balaban J connectivity index is 1.22. The first-order chi connectivity index (χ1) is 17.8. The smallest absolute Gasteiger partial charge is 0.257 e. The van der Waals surface area contributed by atoms with Crippen molar-refractivity contribution in [1.29, 1.82) is 0 Å². The number of thioether (sulfide) groups is 1. The normalized spacial score (nSPS) is 13.7. The molecule has 1 amide bonds. The maximum atomic E-state index is 14.0. The van der Waals surface area contributed by atoms with E-state index in [2.05, 4.69) is 6.07 Å². The Hall–Kier alpha value is -3.13. The average Bonchev–Trinajstić information content (AvgIpc) is 2.89. The van der Waals surface area contributed by atoms with Gasteiger partial charge in [-0.15, -0.1) is 0 Å². The number of rotatable bonds is 9. The summed E-state index contributed by atoms with van der Waals surface area (Å²) in [5.74, 6) is 0.730. The molecule has 0 radical (unpaired) electrons. The van der Waals surface area contributed by atoms with Crippen LogP contribution in [0.5, 0.6) is 0 Å². The predicted molar refractivity (Wildman–Crippen MR) is 148 cm³/mol. The molecule has 0 atom stereocenters. The average molecular weight is 523 g/mol. The molecule has 1 aromatic heterocycles. The molecule has 37 heavy (non-hydrogen) atoms. The molecule has 2 aromatic carbocycles. The number of hydrogen-bond acceptors (Lipinski definition) is 5. The number of aromatic nitrogens is 2. The first-order valence-electron chi connectivity index (χ1n) is 12.9. The zero-order valence-electron chi connectivity index (χ0n) is 21.9. The Morgan fingerprint density at radius 2 is 1.78 bits per heavy atom. The van der Waals surface area contributed by atoms with E-state index in [1.54, 1.807) is 35.5 Å². The third kappa shape index (κ3) is 6.80. The van der Waals surface area contributed by atoms with E-state index in [1.165, 1.54) is 11.6 Å². The molecular formula is C29H35FN4O2S. The topological polar surface area (TPSA) is 58.4 Å². The summed E-state index contributed by atoms with van der Waals surface area (Å²) >= 11 is 1.56. The largest absolute Gasteiger partial charge is 0.366 e. The highest BCUT2D eigenvalue weighted by Gasteiger charge is 2.22. The summed E-state index contributed by atoms with van der Waals surface area (Å²) in [4.78, 5) is 34.3. The quantitative estimate of drug-likeness (QED) is 0.231. The SMILES string of the molecule is Cc1cccc(Cc2c(C)nc(SCCCCC(=O)N3CCN(c4ccccc4F)CC3)n(C)c2=O)c1. The van der Waals surface area contributed by atoms with Crippen molar-refractivity contribution in [2.45, 2.75) is 44.7 Å². The van der Waals surface area contributed by atoms with Gasteiger partial charge in [-0.3, -0.25) is 14.2 Å². The van der Waals surface area contributed by atoms with Gasteiger partial charge in [-0.2, -0.15) is 0 Å². The lowest BCUT2D eigenvalue weighted by Gasteiger charge is -2.36. The molecular weight excluding hydrogens is 487 g/mol. The number of carbonyl (C=O) groups is 1. The van der Waals surface area contributed by atoms with E-state index in [0.717, 1.165) is 35.4 Å². The fourth-order valence-corrected chi connectivity index (χ4v) is 5.70. The van der Waals surface area contributed by atoms with Crippen molar-refractivity contribution in [3.05, 3.63) is 87.1 Å². The van der Waals surface area contributed by atoms with Crippen LogP contribution in [-0.2, 0) is 18.3 Å². The summed E-state index contributed by atoms with van der Waals surface area (Å²) in [5.41, 5.74) is 4.40. The number of carbonyl (C=O) groups excluding carboxylic acids is 1. The monoisotopic (exact) mass is 522 g/mol. The highest BCUT2D eigenvalue weighted by atomic mass is 32.2. The summed E-state index contributed by atoms with van der Waals surface area (Å²) < 4.78 is 15.7. The van der Waals surface area contributed by atoms with Crippen LogP contribution in [0.15, 0.2) is 58.5 Å². The molecule has 8 heteroatoms. The maximum Gasteiger partial charge on any atom is 0.257 e. The molecule has 2 heterocycles. The molecule has 1 aliphatic rings. The van der Waals surface area contributed by atoms with Crippen LogP contribution >= 0.6 is 11.8 Å². The lowest BCUT2D eigenvalue weighted by molar-refractivity contribution is -0.131. The van der Waals surface area contributed by atoms with E-state index >= 15 is 0 Å². The van der Waals surface area contributed by atoms with Crippen molar-refractivity contribution < 1.29 is 9.18 Å². The summed E-state index contributed by atoms with van der Waals surface area (Å²) in [6.45, 7) is 6.46. The van der Waals surface area contributed by atoms with Gasteiger partial charge >= 0.3 is 0 Å². The van der Waals surface area contributed by atoms with E-state index < -0.39 is 0 Å². The predicted octanol–water partition coefficient (Wildman–Crippen LogP) is 4.74. The molecule has 4 rings (SSSR count). The molecule has 0 aliphatic carbocycles. The number of benzene rings is 2. The van der Waals surface area contributed by atoms with Gasteiger partial charge in [0.2, 0.25) is 5.91 Å². The third-order valence-electron chi connectivity index (χ3n) is 6.85. The number of nitrogens with zero attached hydrogens (tertiary/aromatic N) is 4. The first kappa shape index (κ1) is 26.9. The lowest BCUT2D eigenvalue weighted by atomic mass is 10.0. The van der Waals surface area contributed by atoms with E-state index in [0.29, 0.717) is 49.9 Å². The second-order valence-electron chi connectivity index (χ2n) is 9.61. The van der Waals surface area contributed by atoms with Crippen molar-refractivity contribution in [2.75, 3.05) is 36.8 Å². The number of halogens is 1. The lowest BCUT2D eigenvalue weighted by Crippen LogP contribution is -2.49. The van der Waals surface area contributed by atoms with Crippen LogP contribution in [0.25, 0.3) is 0 Å². The van der Waals surface area contributed by atoms with Crippen molar-refractivity contribution in [1.82, 2.24) is 14.5 Å². The molecule has 1 fully saturated rings. The maximum absolute atomic E-state index is 14.0. The van der Waals surface area contributed by atoms with E-state index in [9.17, 15) is 14.0 Å². The van der Waals surface area contributed by atoms with E-state index in [1.807, 2.05) is 47.9 Å². The first-order valence-corrected chi connectivity index (χ1v) is 13.8. The van der Waals surface area contributed by atoms with Crippen LogP contribution in [-0.4, -0.2) is 52.3 Å². The molecule has 6 nitrogen and oxygen atoms in total. The van der Waals surface area contributed by atoms with Crippen LogP contribution in [0.4, 0.5) is 10.1 Å². The van der Waals surface area contributed by atoms with Gasteiger partial charge in [0.25, 0.3) is 5.56 Å². The number of aryl methyl sites for hydroxylation is 2. The number of anilines is 1. The molecule has 0 saturated carbocycles. The molecule has 1 aliphatic heterocycles. The minimum absolute atomic E-state index is 0.00112. The van der Waals surface area contributed by atoms with Gasteiger partial charge in [-0.25, -0.2) is 9.37 Å². The highest BCUT2D eigenvalue weighted by Crippen LogP contribution is 2.21. The van der Waals surface area contributed by atoms with Gasteiger partial charge in [0, 0.05) is 63.1 Å². The van der Waals surface area contributed by atoms with Crippen molar-refractivity contribution in [3.8, 4) is 0 Å². The van der Waals surface area contributed by atoms with Gasteiger partial charge in [-0.1, -0.05) is 53.7 Å². The number of para-hydroxylation sites is 1. The summed E-state index contributed by atoms with van der Waals surface area (Å²) in [6, 6.07) is 15.0. The number of piperazine rings is 1. The van der Waals surface area contributed by atoms with Gasteiger partial charge in [0.05, 0.1) is 5.69 Å². The Morgan fingerprint density at radius 1 is 1.03 bits per heavy atom. The molecule has 1 saturated heterocycles. The van der Waals surface area contributed by atoms with Crippen LogP contribution in [0.3, 0.4) is 0 Å².